The largest absolute Gasteiger partial charge is 0.349 e. The highest BCUT2D eigenvalue weighted by atomic mass is 15.0. The van der Waals surface area contributed by atoms with E-state index in [9.17, 15) is 0 Å². The molecule has 0 aliphatic heterocycles. The fourth-order valence-corrected chi connectivity index (χ4v) is 1.91. The van der Waals surface area contributed by atoms with Crippen molar-refractivity contribution in [2.45, 2.75) is 26.8 Å². The standard InChI is InChI=1S/C15H18N2/c1-12(2)17-11-14(9-13(17)3)10-16-15-7-5-4-6-8-15/h4-12H,1-3H3. The van der Waals surface area contributed by atoms with E-state index in [0.29, 0.717) is 6.04 Å². The first-order valence-corrected chi connectivity index (χ1v) is 5.94. The smallest absolute Gasteiger partial charge is 0.0629 e. The molecule has 2 rings (SSSR count). The Balaban J connectivity index is 2.20. The average molecular weight is 226 g/mol. The lowest BCUT2D eigenvalue weighted by Gasteiger charge is -2.08. The molecule has 0 aliphatic rings. The number of aliphatic imine (C=N–C) groups is 1. The first-order valence-electron chi connectivity index (χ1n) is 5.94. The molecular formula is C15H18N2. The second-order valence-electron chi connectivity index (χ2n) is 4.51. The summed E-state index contributed by atoms with van der Waals surface area (Å²) in [6, 6.07) is 12.7. The van der Waals surface area contributed by atoms with Gasteiger partial charge in [-0.05, 0) is 39.0 Å². The van der Waals surface area contributed by atoms with Gasteiger partial charge in [-0.3, -0.25) is 4.99 Å². The molecule has 17 heavy (non-hydrogen) atoms. The highest BCUT2D eigenvalue weighted by Crippen LogP contribution is 2.14. The highest BCUT2D eigenvalue weighted by Gasteiger charge is 2.02. The van der Waals surface area contributed by atoms with Gasteiger partial charge in [0.25, 0.3) is 0 Å². The maximum Gasteiger partial charge on any atom is 0.0629 e. The van der Waals surface area contributed by atoms with E-state index >= 15 is 0 Å². The van der Waals surface area contributed by atoms with Gasteiger partial charge in [0.1, 0.15) is 0 Å². The number of aromatic nitrogens is 1. The van der Waals surface area contributed by atoms with Crippen LogP contribution in [0.15, 0.2) is 47.6 Å². The number of rotatable bonds is 3. The summed E-state index contributed by atoms with van der Waals surface area (Å²) >= 11 is 0. The zero-order valence-corrected chi connectivity index (χ0v) is 10.6. The fourth-order valence-electron chi connectivity index (χ4n) is 1.91. The minimum absolute atomic E-state index is 0.494. The van der Waals surface area contributed by atoms with Crippen molar-refractivity contribution in [1.82, 2.24) is 4.57 Å². The van der Waals surface area contributed by atoms with Crippen molar-refractivity contribution in [3.63, 3.8) is 0 Å². The topological polar surface area (TPSA) is 17.3 Å². The summed E-state index contributed by atoms with van der Waals surface area (Å²) in [7, 11) is 0. The van der Waals surface area contributed by atoms with Crippen LogP contribution in [0.2, 0.25) is 0 Å². The van der Waals surface area contributed by atoms with Crippen LogP contribution in [0.4, 0.5) is 5.69 Å². The molecule has 0 saturated heterocycles. The van der Waals surface area contributed by atoms with E-state index in [0.717, 1.165) is 11.3 Å². The molecule has 1 heterocycles. The third-order valence-corrected chi connectivity index (χ3v) is 2.75. The number of para-hydroxylation sites is 1. The lowest BCUT2D eigenvalue weighted by atomic mass is 10.3. The van der Waals surface area contributed by atoms with Gasteiger partial charge in [-0.25, -0.2) is 0 Å². The zero-order valence-electron chi connectivity index (χ0n) is 10.6. The maximum atomic E-state index is 4.45. The lowest BCUT2D eigenvalue weighted by Crippen LogP contribution is -2.00. The van der Waals surface area contributed by atoms with Gasteiger partial charge in [0.05, 0.1) is 5.69 Å². The van der Waals surface area contributed by atoms with Gasteiger partial charge in [0, 0.05) is 29.7 Å². The van der Waals surface area contributed by atoms with E-state index in [4.69, 9.17) is 0 Å². The fraction of sp³-hybridized carbons (Fsp3) is 0.267. The number of nitrogens with zero attached hydrogens (tertiary/aromatic N) is 2. The van der Waals surface area contributed by atoms with Crippen LogP contribution in [0.25, 0.3) is 0 Å². The van der Waals surface area contributed by atoms with E-state index in [2.05, 4.69) is 42.6 Å². The molecule has 0 saturated carbocycles. The molecule has 2 heteroatoms. The van der Waals surface area contributed by atoms with Gasteiger partial charge in [0.15, 0.2) is 0 Å². The summed E-state index contributed by atoms with van der Waals surface area (Å²) < 4.78 is 2.26. The predicted molar refractivity (Wildman–Crippen MR) is 73.3 cm³/mol. The van der Waals surface area contributed by atoms with E-state index in [1.807, 2.05) is 36.5 Å². The predicted octanol–water partition coefficient (Wildman–Crippen LogP) is 4.13. The highest BCUT2D eigenvalue weighted by molar-refractivity contribution is 5.82. The van der Waals surface area contributed by atoms with Crippen molar-refractivity contribution in [2.75, 3.05) is 0 Å². The molecule has 0 radical (unpaired) electrons. The van der Waals surface area contributed by atoms with Gasteiger partial charge in [-0.1, -0.05) is 18.2 Å². The van der Waals surface area contributed by atoms with Crippen LogP contribution in [-0.4, -0.2) is 10.8 Å². The molecule has 0 unspecified atom stereocenters. The van der Waals surface area contributed by atoms with Crippen molar-refractivity contribution in [3.05, 3.63) is 53.9 Å². The molecule has 88 valence electrons. The van der Waals surface area contributed by atoms with Crippen molar-refractivity contribution in [2.24, 2.45) is 4.99 Å². The third kappa shape index (κ3) is 2.84. The van der Waals surface area contributed by atoms with Crippen molar-refractivity contribution >= 4 is 11.9 Å². The summed E-state index contributed by atoms with van der Waals surface area (Å²) in [5.41, 5.74) is 3.41. The van der Waals surface area contributed by atoms with Crippen molar-refractivity contribution in [1.29, 1.82) is 0 Å². The molecule has 0 atom stereocenters. The molecule has 0 spiro atoms. The van der Waals surface area contributed by atoms with Crippen LogP contribution >= 0.6 is 0 Å². The molecule has 1 aromatic heterocycles. The Kier molecular flexibility index (Phi) is 3.43. The minimum Gasteiger partial charge on any atom is -0.349 e. The molecule has 1 aromatic carbocycles. The van der Waals surface area contributed by atoms with E-state index in [-0.39, 0.29) is 0 Å². The summed E-state index contributed by atoms with van der Waals surface area (Å²) in [5, 5.41) is 0. The monoisotopic (exact) mass is 226 g/mol. The van der Waals surface area contributed by atoms with Crippen LogP contribution in [0.1, 0.15) is 31.1 Å². The SMILES string of the molecule is Cc1cc(C=Nc2ccccc2)cn1C(C)C. The second kappa shape index (κ2) is 5.00. The van der Waals surface area contributed by atoms with Gasteiger partial charge in [0.2, 0.25) is 0 Å². The maximum absolute atomic E-state index is 4.45. The Bertz CT molecular complexity index is 507. The summed E-state index contributed by atoms with van der Waals surface area (Å²) in [6.45, 7) is 6.50. The Morgan fingerprint density at radius 3 is 2.47 bits per heavy atom. The molecular weight excluding hydrogens is 208 g/mol. The van der Waals surface area contributed by atoms with Crippen LogP contribution in [0.5, 0.6) is 0 Å². The first kappa shape index (κ1) is 11.6. The summed E-state index contributed by atoms with van der Waals surface area (Å²) in [4.78, 5) is 4.45. The van der Waals surface area contributed by atoms with Gasteiger partial charge in [-0.2, -0.15) is 0 Å². The van der Waals surface area contributed by atoms with Crippen LogP contribution in [-0.2, 0) is 0 Å². The Hall–Kier alpha value is -1.83. The van der Waals surface area contributed by atoms with E-state index < -0.39 is 0 Å². The molecule has 0 N–H and O–H groups in total. The van der Waals surface area contributed by atoms with Gasteiger partial charge >= 0.3 is 0 Å². The Morgan fingerprint density at radius 2 is 1.88 bits per heavy atom. The molecule has 0 bridgehead atoms. The summed E-state index contributed by atoms with van der Waals surface area (Å²) in [5.74, 6) is 0. The average Bonchev–Trinajstić information content (AvgIpc) is 2.69. The third-order valence-electron chi connectivity index (χ3n) is 2.75. The molecule has 2 nitrogen and oxygen atoms in total. The zero-order chi connectivity index (χ0) is 12.3. The summed E-state index contributed by atoms with van der Waals surface area (Å²) in [6.07, 6.45) is 4.06. The van der Waals surface area contributed by atoms with Crippen LogP contribution in [0, 0.1) is 6.92 Å². The van der Waals surface area contributed by atoms with Crippen LogP contribution in [0.3, 0.4) is 0 Å². The van der Waals surface area contributed by atoms with E-state index in [1.165, 1.54) is 5.69 Å². The molecule has 0 fully saturated rings. The first-order chi connectivity index (χ1) is 8.16. The Morgan fingerprint density at radius 1 is 1.18 bits per heavy atom. The quantitative estimate of drug-likeness (QED) is 0.700. The number of hydrogen-bond donors (Lipinski definition) is 0. The molecule has 2 aromatic rings. The van der Waals surface area contributed by atoms with E-state index in [1.54, 1.807) is 0 Å². The van der Waals surface area contributed by atoms with Gasteiger partial charge in [-0.15, -0.1) is 0 Å². The lowest BCUT2D eigenvalue weighted by molar-refractivity contribution is 0.589. The van der Waals surface area contributed by atoms with Crippen molar-refractivity contribution < 1.29 is 0 Å². The van der Waals surface area contributed by atoms with Crippen molar-refractivity contribution in [3.8, 4) is 0 Å². The second-order valence-corrected chi connectivity index (χ2v) is 4.51. The van der Waals surface area contributed by atoms with Crippen LogP contribution < -0.4 is 0 Å². The van der Waals surface area contributed by atoms with Gasteiger partial charge < -0.3 is 4.57 Å². The molecule has 0 aliphatic carbocycles. The number of hydrogen-bond acceptors (Lipinski definition) is 1. The number of benzene rings is 1. The molecule has 0 amide bonds. The normalized spacial score (nSPS) is 11.5. The minimum atomic E-state index is 0.494. The number of aryl methyl sites for hydroxylation is 1. The Labute approximate surface area is 103 Å².